The Kier molecular flexibility index (Phi) is 6.35. The lowest BCUT2D eigenvalue weighted by atomic mass is 9.72. The number of hydrogen-bond donors (Lipinski definition) is 1. The molecule has 1 fully saturated rings. The molecule has 3 nitrogen and oxygen atoms in total. The molecule has 3 rings (SSSR count). The summed E-state index contributed by atoms with van der Waals surface area (Å²) in [6, 6.07) is 5.54. The SMILES string of the molecule is CCC1=C([Si](C)(C)C)CC2(C)C[C@H](OC)CC2=C1CCc1cc(OC)ccc1O. The molecule has 0 heterocycles. The lowest BCUT2D eigenvalue weighted by Gasteiger charge is -2.40. The third-order valence-electron chi connectivity index (χ3n) is 7.02. The van der Waals surface area contributed by atoms with Gasteiger partial charge in [-0.15, -0.1) is 0 Å². The minimum absolute atomic E-state index is 0.223. The first-order valence-electron chi connectivity index (χ1n) is 11.0. The molecule has 1 unspecified atom stereocenters. The van der Waals surface area contributed by atoms with E-state index in [0.717, 1.165) is 43.4 Å². The second-order valence-corrected chi connectivity index (χ2v) is 15.1. The van der Waals surface area contributed by atoms with Gasteiger partial charge in [0.05, 0.1) is 21.3 Å². The number of allylic oxidation sites excluding steroid dienone is 3. The Balaban J connectivity index is 2.03. The van der Waals surface area contributed by atoms with Gasteiger partial charge in [-0.05, 0) is 78.8 Å². The van der Waals surface area contributed by atoms with Gasteiger partial charge in [-0.2, -0.15) is 0 Å². The predicted octanol–water partition coefficient (Wildman–Crippen LogP) is 6.43. The second kappa shape index (κ2) is 8.31. The first-order valence-corrected chi connectivity index (χ1v) is 14.5. The van der Waals surface area contributed by atoms with Crippen molar-refractivity contribution in [1.82, 2.24) is 0 Å². The highest BCUT2D eigenvalue weighted by Crippen LogP contribution is 2.56. The molecule has 2 atom stereocenters. The molecule has 2 aliphatic rings. The number of aromatic hydroxyl groups is 1. The molecular formula is C25H38O3Si. The summed E-state index contributed by atoms with van der Waals surface area (Å²) in [6.45, 7) is 12.2. The molecule has 0 bridgehead atoms. The summed E-state index contributed by atoms with van der Waals surface area (Å²) in [6.07, 6.45) is 6.60. The van der Waals surface area contributed by atoms with Gasteiger partial charge in [-0.3, -0.25) is 0 Å². The molecule has 29 heavy (non-hydrogen) atoms. The van der Waals surface area contributed by atoms with E-state index in [-0.39, 0.29) is 5.41 Å². The highest BCUT2D eigenvalue weighted by molar-refractivity contribution is 6.83. The quantitative estimate of drug-likeness (QED) is 0.522. The topological polar surface area (TPSA) is 38.7 Å². The number of rotatable bonds is 7. The highest BCUT2D eigenvalue weighted by atomic mass is 28.3. The van der Waals surface area contributed by atoms with Gasteiger partial charge in [-0.1, -0.05) is 44.3 Å². The number of hydrogen-bond acceptors (Lipinski definition) is 3. The van der Waals surface area contributed by atoms with Crippen LogP contribution in [0.1, 0.15) is 51.5 Å². The summed E-state index contributed by atoms with van der Waals surface area (Å²) in [7, 11) is 2.11. The first-order chi connectivity index (χ1) is 13.6. The summed E-state index contributed by atoms with van der Waals surface area (Å²) in [5, 5.41) is 12.1. The van der Waals surface area contributed by atoms with Crippen LogP contribution in [0.3, 0.4) is 0 Å². The second-order valence-electron chi connectivity index (χ2n) is 10.0. The van der Waals surface area contributed by atoms with E-state index < -0.39 is 8.07 Å². The standard InChI is InChI=1S/C25H38O3Si/c1-8-20-21(11-9-17-13-18(27-3)10-12-23(17)26)22-14-19(28-4)15-25(22,2)16-24(20)29(5,6)7/h10,12-13,19,26H,8-9,11,14-16H2,1-7H3/t19-,25?/m1/s1. The van der Waals surface area contributed by atoms with Crippen LogP contribution in [-0.4, -0.2) is 33.5 Å². The van der Waals surface area contributed by atoms with Crippen LogP contribution in [0.2, 0.25) is 19.6 Å². The molecule has 2 aliphatic carbocycles. The molecule has 1 N–H and O–H groups in total. The van der Waals surface area contributed by atoms with Gasteiger partial charge < -0.3 is 14.6 Å². The molecule has 0 aliphatic heterocycles. The van der Waals surface area contributed by atoms with Gasteiger partial charge in [0.1, 0.15) is 11.5 Å². The fraction of sp³-hybridized carbons (Fsp3) is 0.600. The first kappa shape index (κ1) is 22.2. The van der Waals surface area contributed by atoms with Crippen molar-refractivity contribution in [3.63, 3.8) is 0 Å². The molecule has 160 valence electrons. The van der Waals surface area contributed by atoms with Crippen molar-refractivity contribution in [2.75, 3.05) is 14.2 Å². The smallest absolute Gasteiger partial charge is 0.119 e. The fourth-order valence-corrected chi connectivity index (χ4v) is 7.61. The van der Waals surface area contributed by atoms with E-state index in [4.69, 9.17) is 9.47 Å². The monoisotopic (exact) mass is 414 g/mol. The Hall–Kier alpha value is -1.52. The Morgan fingerprint density at radius 3 is 2.45 bits per heavy atom. The van der Waals surface area contributed by atoms with E-state index in [9.17, 15) is 5.11 Å². The maximum Gasteiger partial charge on any atom is 0.119 e. The Labute approximate surface area is 177 Å². The summed E-state index contributed by atoms with van der Waals surface area (Å²) in [4.78, 5) is 0. The Bertz CT molecular complexity index is 831. The fourth-order valence-electron chi connectivity index (χ4n) is 5.46. The van der Waals surface area contributed by atoms with E-state index in [1.807, 2.05) is 19.2 Å². The van der Waals surface area contributed by atoms with E-state index in [1.165, 1.54) is 6.42 Å². The zero-order valence-electron chi connectivity index (χ0n) is 19.3. The predicted molar refractivity (Wildman–Crippen MR) is 123 cm³/mol. The summed E-state index contributed by atoms with van der Waals surface area (Å²) < 4.78 is 11.2. The number of phenolic OH excluding ortho intramolecular Hbond substituents is 1. The van der Waals surface area contributed by atoms with Crippen LogP contribution >= 0.6 is 0 Å². The number of benzene rings is 1. The van der Waals surface area contributed by atoms with Crippen molar-refractivity contribution in [2.45, 2.75) is 78.1 Å². The molecule has 1 saturated carbocycles. The summed E-state index contributed by atoms with van der Waals surface area (Å²) in [5.41, 5.74) is 5.97. The van der Waals surface area contributed by atoms with Crippen LogP contribution in [0.25, 0.3) is 0 Å². The zero-order valence-corrected chi connectivity index (χ0v) is 20.3. The average molecular weight is 415 g/mol. The van der Waals surface area contributed by atoms with Crippen molar-refractivity contribution in [3.05, 3.63) is 45.7 Å². The van der Waals surface area contributed by atoms with Crippen molar-refractivity contribution in [2.24, 2.45) is 5.41 Å². The maximum absolute atomic E-state index is 10.4. The number of ether oxygens (including phenoxy) is 2. The third-order valence-corrected chi connectivity index (χ3v) is 9.31. The van der Waals surface area contributed by atoms with Crippen molar-refractivity contribution < 1.29 is 14.6 Å². The number of phenols is 1. The number of methoxy groups -OCH3 is 2. The number of fused-ring (bicyclic) bond motifs is 1. The molecule has 0 radical (unpaired) electrons. The molecule has 1 aromatic carbocycles. The van der Waals surface area contributed by atoms with E-state index in [2.05, 4.69) is 33.5 Å². The van der Waals surface area contributed by atoms with Crippen molar-refractivity contribution in [1.29, 1.82) is 0 Å². The third kappa shape index (κ3) is 4.34. The van der Waals surface area contributed by atoms with Crippen LogP contribution in [-0.2, 0) is 11.2 Å². The van der Waals surface area contributed by atoms with Crippen LogP contribution in [0.15, 0.2) is 40.1 Å². The largest absolute Gasteiger partial charge is 0.508 e. The Morgan fingerprint density at radius 2 is 1.86 bits per heavy atom. The van der Waals surface area contributed by atoms with Crippen LogP contribution < -0.4 is 4.74 Å². The molecule has 0 spiro atoms. The normalized spacial score (nSPS) is 24.9. The van der Waals surface area contributed by atoms with Crippen molar-refractivity contribution >= 4 is 8.07 Å². The van der Waals surface area contributed by atoms with E-state index in [0.29, 0.717) is 11.9 Å². The Morgan fingerprint density at radius 1 is 1.14 bits per heavy atom. The molecule has 0 aromatic heterocycles. The number of aryl methyl sites for hydroxylation is 1. The minimum atomic E-state index is -1.42. The van der Waals surface area contributed by atoms with Gasteiger partial charge in [-0.25, -0.2) is 0 Å². The van der Waals surface area contributed by atoms with Gasteiger partial charge >= 0.3 is 0 Å². The lowest BCUT2D eigenvalue weighted by Crippen LogP contribution is -2.34. The van der Waals surface area contributed by atoms with E-state index >= 15 is 0 Å². The molecule has 1 aromatic rings. The van der Waals surface area contributed by atoms with Gasteiger partial charge in [0.25, 0.3) is 0 Å². The summed E-state index contributed by atoms with van der Waals surface area (Å²) >= 11 is 0. The minimum Gasteiger partial charge on any atom is -0.508 e. The zero-order chi connectivity index (χ0) is 21.4. The van der Waals surface area contributed by atoms with Gasteiger partial charge in [0.2, 0.25) is 0 Å². The van der Waals surface area contributed by atoms with Crippen LogP contribution in [0.4, 0.5) is 0 Å². The van der Waals surface area contributed by atoms with Crippen LogP contribution in [0, 0.1) is 5.41 Å². The van der Waals surface area contributed by atoms with Gasteiger partial charge in [0, 0.05) is 7.11 Å². The van der Waals surface area contributed by atoms with Crippen molar-refractivity contribution in [3.8, 4) is 11.5 Å². The highest BCUT2D eigenvalue weighted by Gasteiger charge is 2.46. The van der Waals surface area contributed by atoms with Crippen LogP contribution in [0.5, 0.6) is 11.5 Å². The molecule has 0 saturated heterocycles. The maximum atomic E-state index is 10.4. The lowest BCUT2D eigenvalue weighted by molar-refractivity contribution is 0.0975. The van der Waals surface area contributed by atoms with Gasteiger partial charge in [0.15, 0.2) is 0 Å². The summed E-state index contributed by atoms with van der Waals surface area (Å²) in [5.74, 6) is 1.17. The molecule has 0 amide bonds. The van der Waals surface area contributed by atoms with E-state index in [1.54, 1.807) is 35.1 Å². The molecular weight excluding hydrogens is 376 g/mol. The average Bonchev–Trinajstić information content (AvgIpc) is 3.02. The molecule has 4 heteroatoms.